The number of hydrogen-bond donors (Lipinski definition) is 1. The first-order valence-corrected chi connectivity index (χ1v) is 6.11. The Balaban J connectivity index is 3.13. The lowest BCUT2D eigenvalue weighted by molar-refractivity contribution is 0.663. The van der Waals surface area contributed by atoms with Gasteiger partial charge in [-0.3, -0.25) is 0 Å². The van der Waals surface area contributed by atoms with Crippen molar-refractivity contribution in [2.45, 2.75) is 33.2 Å². The smallest absolute Gasteiger partial charge is 0.150 e. The molecule has 1 aromatic rings. The van der Waals surface area contributed by atoms with Gasteiger partial charge in [-0.05, 0) is 26.3 Å². The van der Waals surface area contributed by atoms with Crippen LogP contribution in [0.1, 0.15) is 27.2 Å². The van der Waals surface area contributed by atoms with Crippen LogP contribution < -0.4 is 10.6 Å². The summed E-state index contributed by atoms with van der Waals surface area (Å²) in [6.07, 6.45) is 1.03. The largest absolute Gasteiger partial charge is 0.382 e. The van der Waals surface area contributed by atoms with E-state index in [2.05, 4.69) is 30.7 Å². The SMILES string of the molecule is CCCN(c1nc(N)c(Cl)cc1Cl)C(C)C. The summed E-state index contributed by atoms with van der Waals surface area (Å²) in [6.45, 7) is 7.20. The second-order valence-electron chi connectivity index (χ2n) is 3.95. The Hall–Kier alpha value is -0.670. The second kappa shape index (κ2) is 5.60. The summed E-state index contributed by atoms with van der Waals surface area (Å²) in [7, 11) is 0. The molecule has 1 aromatic heterocycles. The number of hydrogen-bond acceptors (Lipinski definition) is 3. The maximum atomic E-state index is 6.13. The van der Waals surface area contributed by atoms with Gasteiger partial charge < -0.3 is 10.6 Å². The van der Waals surface area contributed by atoms with Gasteiger partial charge in [-0.1, -0.05) is 30.1 Å². The normalized spacial score (nSPS) is 10.9. The Kier molecular flexibility index (Phi) is 4.69. The van der Waals surface area contributed by atoms with E-state index in [9.17, 15) is 0 Å². The molecule has 0 unspecified atom stereocenters. The van der Waals surface area contributed by atoms with E-state index in [1.165, 1.54) is 0 Å². The van der Waals surface area contributed by atoms with Crippen LogP contribution in [-0.4, -0.2) is 17.6 Å². The minimum absolute atomic E-state index is 0.322. The maximum Gasteiger partial charge on any atom is 0.150 e. The van der Waals surface area contributed by atoms with Gasteiger partial charge in [0.1, 0.15) is 11.6 Å². The molecule has 0 spiro atoms. The zero-order chi connectivity index (χ0) is 12.3. The number of pyridine rings is 1. The number of halogens is 2. The lowest BCUT2D eigenvalue weighted by atomic mass is 10.2. The molecule has 0 bridgehead atoms. The Bertz CT molecular complexity index is 366. The molecule has 0 radical (unpaired) electrons. The second-order valence-corrected chi connectivity index (χ2v) is 4.76. The molecule has 0 aliphatic carbocycles. The van der Waals surface area contributed by atoms with Gasteiger partial charge in [-0.2, -0.15) is 0 Å². The van der Waals surface area contributed by atoms with Crippen molar-refractivity contribution in [3.8, 4) is 0 Å². The highest BCUT2D eigenvalue weighted by Crippen LogP contribution is 2.31. The van der Waals surface area contributed by atoms with Crippen LogP contribution in [0.15, 0.2) is 6.07 Å². The first-order valence-electron chi connectivity index (χ1n) is 5.35. The number of anilines is 2. The third-order valence-corrected chi connectivity index (χ3v) is 2.88. The van der Waals surface area contributed by atoms with E-state index in [0.717, 1.165) is 13.0 Å². The molecular formula is C11H17Cl2N3. The van der Waals surface area contributed by atoms with Gasteiger partial charge in [0, 0.05) is 12.6 Å². The van der Waals surface area contributed by atoms with Crippen LogP contribution in [0.3, 0.4) is 0 Å². The fourth-order valence-corrected chi connectivity index (χ4v) is 1.99. The standard InChI is InChI=1S/C11H17Cl2N3/c1-4-5-16(7(2)3)11-9(13)6-8(12)10(14)15-11/h6-7H,4-5H2,1-3H3,(H2,14,15). The zero-order valence-corrected chi connectivity index (χ0v) is 11.3. The van der Waals surface area contributed by atoms with Crippen molar-refractivity contribution in [2.75, 3.05) is 17.2 Å². The van der Waals surface area contributed by atoms with Gasteiger partial charge in [0.2, 0.25) is 0 Å². The fraction of sp³-hybridized carbons (Fsp3) is 0.545. The molecule has 1 rings (SSSR count). The van der Waals surface area contributed by atoms with Crippen molar-refractivity contribution >= 4 is 34.8 Å². The first kappa shape index (κ1) is 13.4. The Morgan fingerprint density at radius 1 is 1.38 bits per heavy atom. The van der Waals surface area contributed by atoms with E-state index >= 15 is 0 Å². The molecule has 0 atom stereocenters. The molecule has 0 aromatic carbocycles. The molecule has 90 valence electrons. The van der Waals surface area contributed by atoms with Crippen LogP contribution in [0.25, 0.3) is 0 Å². The molecule has 0 saturated heterocycles. The van der Waals surface area contributed by atoms with Crippen LogP contribution in [-0.2, 0) is 0 Å². The van der Waals surface area contributed by atoms with E-state index in [4.69, 9.17) is 28.9 Å². The molecule has 3 nitrogen and oxygen atoms in total. The average molecular weight is 262 g/mol. The summed E-state index contributed by atoms with van der Waals surface area (Å²) in [4.78, 5) is 6.37. The van der Waals surface area contributed by atoms with E-state index in [1.807, 2.05) is 0 Å². The van der Waals surface area contributed by atoms with Crippen LogP contribution in [0.4, 0.5) is 11.6 Å². The topological polar surface area (TPSA) is 42.2 Å². The van der Waals surface area contributed by atoms with Crippen LogP contribution in [0.2, 0.25) is 10.0 Å². The van der Waals surface area contributed by atoms with Gasteiger partial charge >= 0.3 is 0 Å². The Labute approximate surface area is 107 Å². The van der Waals surface area contributed by atoms with Crippen molar-refractivity contribution in [3.05, 3.63) is 16.1 Å². The summed E-state index contributed by atoms with van der Waals surface area (Å²) in [5.74, 6) is 1.03. The number of aromatic nitrogens is 1. The number of rotatable bonds is 4. The highest BCUT2D eigenvalue weighted by molar-refractivity contribution is 6.37. The molecule has 5 heteroatoms. The highest BCUT2D eigenvalue weighted by Gasteiger charge is 2.16. The molecule has 0 saturated carbocycles. The lowest BCUT2D eigenvalue weighted by Crippen LogP contribution is -2.32. The molecule has 0 aliphatic heterocycles. The van der Waals surface area contributed by atoms with Crippen molar-refractivity contribution in [3.63, 3.8) is 0 Å². The molecule has 0 aliphatic rings. The summed E-state index contributed by atoms with van der Waals surface area (Å²) < 4.78 is 0. The zero-order valence-electron chi connectivity index (χ0n) is 9.80. The number of nitrogen functional groups attached to an aromatic ring is 1. The summed E-state index contributed by atoms with van der Waals surface area (Å²) >= 11 is 12.0. The quantitative estimate of drug-likeness (QED) is 0.901. The summed E-state index contributed by atoms with van der Waals surface area (Å²) in [5, 5.41) is 0.940. The van der Waals surface area contributed by atoms with Gasteiger partial charge in [0.05, 0.1) is 10.0 Å². The fourth-order valence-electron chi connectivity index (χ4n) is 1.52. The van der Waals surface area contributed by atoms with E-state index in [1.54, 1.807) is 6.07 Å². The highest BCUT2D eigenvalue weighted by atomic mass is 35.5. The van der Waals surface area contributed by atoms with E-state index in [-0.39, 0.29) is 0 Å². The predicted molar refractivity (Wildman–Crippen MR) is 71.4 cm³/mol. The third kappa shape index (κ3) is 2.92. The van der Waals surface area contributed by atoms with Gasteiger partial charge in [-0.25, -0.2) is 4.98 Å². The maximum absolute atomic E-state index is 6.13. The summed E-state index contributed by atoms with van der Waals surface area (Å²) in [5.41, 5.74) is 5.70. The molecule has 0 fully saturated rings. The van der Waals surface area contributed by atoms with Gasteiger partial charge in [0.25, 0.3) is 0 Å². The summed E-state index contributed by atoms with van der Waals surface area (Å²) in [6, 6.07) is 1.97. The lowest BCUT2D eigenvalue weighted by Gasteiger charge is -2.28. The Morgan fingerprint density at radius 2 is 2.00 bits per heavy atom. The molecule has 0 amide bonds. The van der Waals surface area contributed by atoms with Crippen LogP contribution in [0.5, 0.6) is 0 Å². The Morgan fingerprint density at radius 3 is 2.50 bits per heavy atom. The molecule has 2 N–H and O–H groups in total. The average Bonchev–Trinajstić information content (AvgIpc) is 2.20. The third-order valence-electron chi connectivity index (χ3n) is 2.30. The van der Waals surface area contributed by atoms with Crippen molar-refractivity contribution in [1.29, 1.82) is 0 Å². The van der Waals surface area contributed by atoms with Crippen LogP contribution in [0, 0.1) is 0 Å². The minimum atomic E-state index is 0.322. The monoisotopic (exact) mass is 261 g/mol. The first-order chi connectivity index (χ1) is 7.47. The minimum Gasteiger partial charge on any atom is -0.382 e. The van der Waals surface area contributed by atoms with Crippen molar-refractivity contribution < 1.29 is 0 Å². The van der Waals surface area contributed by atoms with E-state index < -0.39 is 0 Å². The van der Waals surface area contributed by atoms with Gasteiger partial charge in [-0.15, -0.1) is 0 Å². The van der Waals surface area contributed by atoms with Crippen molar-refractivity contribution in [2.24, 2.45) is 0 Å². The van der Waals surface area contributed by atoms with Crippen molar-refractivity contribution in [1.82, 2.24) is 4.98 Å². The number of nitrogens with two attached hydrogens (primary N) is 1. The number of nitrogens with zero attached hydrogens (tertiary/aromatic N) is 2. The van der Waals surface area contributed by atoms with E-state index in [0.29, 0.717) is 27.7 Å². The molecule has 16 heavy (non-hydrogen) atoms. The molecular weight excluding hydrogens is 245 g/mol. The van der Waals surface area contributed by atoms with Crippen LogP contribution >= 0.6 is 23.2 Å². The molecule has 1 heterocycles. The predicted octanol–water partition coefficient (Wildman–Crippen LogP) is 3.60. The van der Waals surface area contributed by atoms with Gasteiger partial charge in [0.15, 0.2) is 0 Å².